The van der Waals surface area contributed by atoms with Crippen molar-refractivity contribution in [2.45, 2.75) is 38.1 Å². The van der Waals surface area contributed by atoms with Crippen LogP contribution in [0.25, 0.3) is 0 Å². The van der Waals surface area contributed by atoms with E-state index in [0.29, 0.717) is 33.4 Å². The molecule has 1 aliphatic rings. The first-order valence-electron chi connectivity index (χ1n) is 8.80. The van der Waals surface area contributed by atoms with E-state index in [2.05, 4.69) is 10.6 Å². The van der Waals surface area contributed by atoms with E-state index in [4.69, 9.17) is 28.6 Å². The van der Waals surface area contributed by atoms with Crippen molar-refractivity contribution >= 4 is 40.3 Å². The number of nitrogens with one attached hydrogen (secondary N) is 2. The van der Waals surface area contributed by atoms with Gasteiger partial charge in [-0.3, -0.25) is 10.1 Å². The smallest absolute Gasteiger partial charge is 0.275 e. The molecule has 27 heavy (non-hydrogen) atoms. The third-order valence-electron chi connectivity index (χ3n) is 4.35. The lowest BCUT2D eigenvalue weighted by Gasteiger charge is -2.24. The minimum Gasteiger partial charge on any atom is -0.457 e. The van der Waals surface area contributed by atoms with Gasteiger partial charge in [-0.2, -0.15) is 0 Å². The van der Waals surface area contributed by atoms with Crippen molar-refractivity contribution in [2.75, 3.05) is 5.32 Å². The van der Waals surface area contributed by atoms with Crippen LogP contribution in [0.3, 0.4) is 0 Å². The average molecular weight is 406 g/mol. The van der Waals surface area contributed by atoms with Crippen LogP contribution in [0.4, 0.5) is 11.4 Å². The van der Waals surface area contributed by atoms with Gasteiger partial charge in [0, 0.05) is 23.2 Å². The lowest BCUT2D eigenvalue weighted by molar-refractivity contribution is -0.384. The van der Waals surface area contributed by atoms with Crippen molar-refractivity contribution in [2.24, 2.45) is 0 Å². The molecule has 1 fully saturated rings. The van der Waals surface area contributed by atoms with Crippen LogP contribution in [0.15, 0.2) is 42.5 Å². The molecule has 2 aromatic rings. The van der Waals surface area contributed by atoms with E-state index < -0.39 is 4.92 Å². The lowest BCUT2D eigenvalue weighted by atomic mass is 9.96. The number of halogens is 1. The van der Waals surface area contributed by atoms with Crippen LogP contribution in [-0.4, -0.2) is 16.1 Å². The number of benzene rings is 2. The summed E-state index contributed by atoms with van der Waals surface area (Å²) >= 11 is 11.2. The monoisotopic (exact) mass is 405 g/mol. The van der Waals surface area contributed by atoms with Gasteiger partial charge in [0.1, 0.15) is 11.5 Å². The van der Waals surface area contributed by atoms with Crippen LogP contribution in [-0.2, 0) is 0 Å². The minimum absolute atomic E-state index is 0.0792. The zero-order valence-corrected chi connectivity index (χ0v) is 16.2. The molecule has 0 heterocycles. The molecule has 1 aliphatic carbocycles. The van der Waals surface area contributed by atoms with Crippen molar-refractivity contribution in [3.63, 3.8) is 0 Å². The molecule has 3 rings (SSSR count). The molecule has 2 N–H and O–H groups in total. The Kier molecular flexibility index (Phi) is 6.47. The van der Waals surface area contributed by atoms with Crippen molar-refractivity contribution < 1.29 is 9.66 Å². The molecular formula is C19H20ClN3O3S. The van der Waals surface area contributed by atoms with Gasteiger partial charge in [0.05, 0.1) is 16.7 Å². The lowest BCUT2D eigenvalue weighted by Crippen LogP contribution is -2.38. The molecule has 0 aliphatic heterocycles. The second-order valence-electron chi connectivity index (χ2n) is 6.46. The van der Waals surface area contributed by atoms with E-state index in [1.807, 2.05) is 0 Å². The van der Waals surface area contributed by atoms with Gasteiger partial charge in [-0.1, -0.05) is 30.9 Å². The van der Waals surface area contributed by atoms with E-state index >= 15 is 0 Å². The molecular weight excluding hydrogens is 386 g/mol. The topological polar surface area (TPSA) is 76.4 Å². The number of hydrogen-bond acceptors (Lipinski definition) is 4. The number of nitro benzene ring substituents is 1. The summed E-state index contributed by atoms with van der Waals surface area (Å²) in [4.78, 5) is 10.8. The van der Waals surface area contributed by atoms with E-state index in [1.165, 1.54) is 31.4 Å². The zero-order valence-electron chi connectivity index (χ0n) is 14.6. The Balaban J connectivity index is 1.73. The third-order valence-corrected chi connectivity index (χ3v) is 4.82. The van der Waals surface area contributed by atoms with Crippen LogP contribution >= 0.6 is 23.8 Å². The Morgan fingerprint density at radius 3 is 2.48 bits per heavy atom. The van der Waals surface area contributed by atoms with Crippen molar-refractivity contribution in [1.82, 2.24) is 5.32 Å². The Hall–Kier alpha value is -2.38. The summed E-state index contributed by atoms with van der Waals surface area (Å²) in [5.41, 5.74) is 0.422. The summed E-state index contributed by atoms with van der Waals surface area (Å²) in [6.45, 7) is 0. The molecule has 0 radical (unpaired) electrons. The van der Waals surface area contributed by atoms with E-state index in [-0.39, 0.29) is 5.69 Å². The summed E-state index contributed by atoms with van der Waals surface area (Å²) in [6, 6.07) is 11.6. The largest absolute Gasteiger partial charge is 0.457 e. The molecule has 0 aromatic heterocycles. The highest BCUT2D eigenvalue weighted by Crippen LogP contribution is 2.30. The molecule has 8 heteroatoms. The maximum atomic E-state index is 11.3. The predicted molar refractivity (Wildman–Crippen MR) is 111 cm³/mol. The molecule has 0 spiro atoms. The van der Waals surface area contributed by atoms with Gasteiger partial charge in [-0.25, -0.2) is 0 Å². The van der Waals surface area contributed by atoms with E-state index in [0.717, 1.165) is 12.8 Å². The number of nitro groups is 1. The normalized spacial score (nSPS) is 14.4. The Morgan fingerprint density at radius 1 is 1.11 bits per heavy atom. The van der Waals surface area contributed by atoms with Crippen LogP contribution in [0.1, 0.15) is 32.1 Å². The Morgan fingerprint density at radius 2 is 1.81 bits per heavy atom. The van der Waals surface area contributed by atoms with Gasteiger partial charge in [0.15, 0.2) is 5.11 Å². The number of ether oxygens (including phenoxy) is 1. The van der Waals surface area contributed by atoms with Crippen LogP contribution in [0.5, 0.6) is 11.5 Å². The van der Waals surface area contributed by atoms with Gasteiger partial charge in [-0.05, 0) is 49.3 Å². The zero-order chi connectivity index (χ0) is 19.2. The van der Waals surface area contributed by atoms with Gasteiger partial charge in [-0.15, -0.1) is 0 Å². The molecule has 142 valence electrons. The molecule has 0 saturated heterocycles. The Bertz CT molecular complexity index is 823. The first-order chi connectivity index (χ1) is 13.0. The Labute approximate surface area is 168 Å². The van der Waals surface area contributed by atoms with Crippen molar-refractivity contribution in [3.05, 3.63) is 57.6 Å². The maximum absolute atomic E-state index is 11.3. The first-order valence-corrected chi connectivity index (χ1v) is 9.58. The molecule has 0 unspecified atom stereocenters. The summed E-state index contributed by atoms with van der Waals surface area (Å²) in [5.74, 6) is 0.878. The predicted octanol–water partition coefficient (Wildman–Crippen LogP) is 5.66. The second kappa shape index (κ2) is 9.01. The fourth-order valence-corrected chi connectivity index (χ4v) is 3.47. The number of rotatable bonds is 5. The molecule has 0 bridgehead atoms. The molecule has 0 amide bonds. The quantitative estimate of drug-likeness (QED) is 0.379. The average Bonchev–Trinajstić information content (AvgIpc) is 2.64. The van der Waals surface area contributed by atoms with E-state index in [1.54, 1.807) is 30.3 Å². The van der Waals surface area contributed by atoms with Gasteiger partial charge >= 0.3 is 0 Å². The number of thiocarbonyl (C=S) groups is 1. The molecule has 0 atom stereocenters. The summed E-state index contributed by atoms with van der Waals surface area (Å²) in [6.07, 6.45) is 5.81. The van der Waals surface area contributed by atoms with Crippen molar-refractivity contribution in [1.29, 1.82) is 0 Å². The minimum atomic E-state index is -0.461. The standard InChI is InChI=1S/C19H20ClN3O3S/c20-13-6-8-17(9-7-13)26-18-11-15(10-16(12-18)23(24)25)22-19(27)21-14-4-2-1-3-5-14/h6-12,14H,1-5H2,(H2,21,22,27). The number of nitrogens with zero attached hydrogens (tertiary/aromatic N) is 1. The van der Waals surface area contributed by atoms with Crippen LogP contribution in [0, 0.1) is 10.1 Å². The summed E-state index contributed by atoms with van der Waals surface area (Å²) in [7, 11) is 0. The maximum Gasteiger partial charge on any atom is 0.275 e. The second-order valence-corrected chi connectivity index (χ2v) is 7.31. The van der Waals surface area contributed by atoms with Crippen molar-refractivity contribution in [3.8, 4) is 11.5 Å². The molecule has 1 saturated carbocycles. The SMILES string of the molecule is O=[N+]([O-])c1cc(NC(=S)NC2CCCCC2)cc(Oc2ccc(Cl)cc2)c1. The highest BCUT2D eigenvalue weighted by molar-refractivity contribution is 7.80. The molecule has 2 aromatic carbocycles. The van der Waals surface area contributed by atoms with Gasteiger partial charge in [0.2, 0.25) is 0 Å². The third kappa shape index (κ3) is 5.80. The van der Waals surface area contributed by atoms with Gasteiger partial charge in [0.25, 0.3) is 5.69 Å². The number of hydrogen-bond donors (Lipinski definition) is 2. The van der Waals surface area contributed by atoms with Gasteiger partial charge < -0.3 is 15.4 Å². The summed E-state index contributed by atoms with van der Waals surface area (Å²) in [5, 5.41) is 18.6. The molecule has 6 nitrogen and oxygen atoms in total. The fraction of sp³-hybridized carbons (Fsp3) is 0.316. The number of non-ortho nitro benzene ring substituents is 1. The van der Waals surface area contributed by atoms with Crippen LogP contribution in [0.2, 0.25) is 5.02 Å². The highest BCUT2D eigenvalue weighted by atomic mass is 35.5. The van der Waals surface area contributed by atoms with E-state index in [9.17, 15) is 10.1 Å². The number of anilines is 1. The summed E-state index contributed by atoms with van der Waals surface area (Å²) < 4.78 is 5.73. The highest BCUT2D eigenvalue weighted by Gasteiger charge is 2.16. The first kappa shape index (κ1) is 19.4. The fourth-order valence-electron chi connectivity index (χ4n) is 3.06. The van der Waals surface area contributed by atoms with Crippen LogP contribution < -0.4 is 15.4 Å².